The molecule has 0 aliphatic carbocycles. The Balaban J connectivity index is 2.50. The summed E-state index contributed by atoms with van der Waals surface area (Å²) in [5.74, 6) is 1.04. The van der Waals surface area contributed by atoms with Gasteiger partial charge in [0.2, 0.25) is 5.91 Å². The second kappa shape index (κ2) is 8.18. The van der Waals surface area contributed by atoms with Crippen molar-refractivity contribution in [2.75, 3.05) is 13.7 Å². The SMILES string of the molecule is CCC(C)C(C)(O)CNC(=O)CC(C)c1ccc(OC)cc1. The molecule has 0 saturated heterocycles. The van der Waals surface area contributed by atoms with Gasteiger partial charge in [-0.25, -0.2) is 0 Å². The standard InChI is InChI=1S/C18H29NO3/c1-6-14(3)18(4,21)12-19-17(20)11-13(2)15-7-9-16(22-5)10-8-15/h7-10,13-14,21H,6,11-12H2,1-5H3,(H,19,20). The molecule has 0 aliphatic heterocycles. The normalized spacial score (nSPS) is 16.5. The van der Waals surface area contributed by atoms with Crippen molar-refractivity contribution in [2.24, 2.45) is 5.92 Å². The molecule has 0 bridgehead atoms. The Labute approximate surface area is 133 Å². The zero-order valence-electron chi connectivity index (χ0n) is 14.3. The van der Waals surface area contributed by atoms with Gasteiger partial charge in [0, 0.05) is 13.0 Å². The van der Waals surface area contributed by atoms with Gasteiger partial charge in [0.25, 0.3) is 0 Å². The molecule has 22 heavy (non-hydrogen) atoms. The fraction of sp³-hybridized carbons (Fsp3) is 0.611. The van der Waals surface area contributed by atoms with Gasteiger partial charge in [-0.1, -0.05) is 39.3 Å². The average molecular weight is 307 g/mol. The summed E-state index contributed by atoms with van der Waals surface area (Å²) in [5, 5.41) is 13.2. The van der Waals surface area contributed by atoms with Crippen molar-refractivity contribution in [3.05, 3.63) is 29.8 Å². The largest absolute Gasteiger partial charge is 0.497 e. The van der Waals surface area contributed by atoms with Crippen LogP contribution in [0.25, 0.3) is 0 Å². The molecule has 2 N–H and O–H groups in total. The minimum atomic E-state index is -0.867. The van der Waals surface area contributed by atoms with Crippen LogP contribution in [-0.2, 0) is 4.79 Å². The Morgan fingerprint density at radius 2 is 1.91 bits per heavy atom. The number of nitrogens with one attached hydrogen (secondary N) is 1. The Kier molecular flexibility index (Phi) is 6.88. The van der Waals surface area contributed by atoms with Crippen LogP contribution >= 0.6 is 0 Å². The van der Waals surface area contributed by atoms with Crippen molar-refractivity contribution in [1.29, 1.82) is 0 Å². The van der Waals surface area contributed by atoms with E-state index in [0.717, 1.165) is 17.7 Å². The first-order valence-electron chi connectivity index (χ1n) is 7.93. The minimum Gasteiger partial charge on any atom is -0.497 e. The summed E-state index contributed by atoms with van der Waals surface area (Å²) in [4.78, 5) is 12.1. The van der Waals surface area contributed by atoms with Crippen LogP contribution in [0.4, 0.5) is 0 Å². The van der Waals surface area contributed by atoms with Crippen LogP contribution in [0.15, 0.2) is 24.3 Å². The van der Waals surface area contributed by atoms with Crippen molar-refractivity contribution in [2.45, 2.75) is 52.1 Å². The molecule has 1 amide bonds. The monoisotopic (exact) mass is 307 g/mol. The number of amides is 1. The highest BCUT2D eigenvalue weighted by Gasteiger charge is 2.27. The van der Waals surface area contributed by atoms with Crippen molar-refractivity contribution in [3.8, 4) is 5.75 Å². The molecule has 0 radical (unpaired) electrons. The summed E-state index contributed by atoms with van der Waals surface area (Å²) in [6.07, 6.45) is 1.29. The zero-order valence-corrected chi connectivity index (χ0v) is 14.3. The number of aliphatic hydroxyl groups is 1. The van der Waals surface area contributed by atoms with E-state index in [4.69, 9.17) is 4.74 Å². The number of hydrogen-bond acceptors (Lipinski definition) is 3. The molecule has 4 nitrogen and oxygen atoms in total. The van der Waals surface area contributed by atoms with E-state index in [0.29, 0.717) is 6.42 Å². The summed E-state index contributed by atoms with van der Waals surface area (Å²) in [7, 11) is 1.63. The van der Waals surface area contributed by atoms with Gasteiger partial charge in [-0.2, -0.15) is 0 Å². The molecule has 3 unspecified atom stereocenters. The molecule has 0 aromatic heterocycles. The van der Waals surface area contributed by atoms with E-state index in [2.05, 4.69) is 5.32 Å². The van der Waals surface area contributed by atoms with Gasteiger partial charge in [0.1, 0.15) is 5.75 Å². The van der Waals surface area contributed by atoms with E-state index in [-0.39, 0.29) is 24.3 Å². The van der Waals surface area contributed by atoms with E-state index in [1.807, 2.05) is 45.0 Å². The molecule has 124 valence electrons. The van der Waals surface area contributed by atoms with Crippen LogP contribution in [0.5, 0.6) is 5.75 Å². The molecule has 0 saturated carbocycles. The molecule has 0 heterocycles. The van der Waals surface area contributed by atoms with Gasteiger partial charge in [-0.05, 0) is 36.5 Å². The number of benzene rings is 1. The highest BCUT2D eigenvalue weighted by Crippen LogP contribution is 2.22. The minimum absolute atomic E-state index is 0.0353. The topological polar surface area (TPSA) is 58.6 Å². The van der Waals surface area contributed by atoms with Crippen LogP contribution in [0.2, 0.25) is 0 Å². The Morgan fingerprint density at radius 3 is 2.41 bits per heavy atom. The summed E-state index contributed by atoms with van der Waals surface area (Å²) in [5.41, 5.74) is 0.234. The summed E-state index contributed by atoms with van der Waals surface area (Å²) in [6.45, 7) is 8.11. The molecule has 0 aliphatic rings. The van der Waals surface area contributed by atoms with E-state index in [1.165, 1.54) is 0 Å². The number of carbonyl (C=O) groups excluding carboxylic acids is 1. The van der Waals surface area contributed by atoms with Crippen LogP contribution in [0.3, 0.4) is 0 Å². The van der Waals surface area contributed by atoms with E-state index < -0.39 is 5.60 Å². The van der Waals surface area contributed by atoms with Crippen molar-refractivity contribution < 1.29 is 14.6 Å². The predicted octanol–water partition coefficient (Wildman–Crippen LogP) is 3.10. The molecular weight excluding hydrogens is 278 g/mol. The van der Waals surface area contributed by atoms with Crippen molar-refractivity contribution in [1.82, 2.24) is 5.32 Å². The van der Waals surface area contributed by atoms with Gasteiger partial charge in [0.15, 0.2) is 0 Å². The van der Waals surface area contributed by atoms with E-state index >= 15 is 0 Å². The third-order valence-corrected chi connectivity index (χ3v) is 4.49. The number of hydrogen-bond donors (Lipinski definition) is 2. The Hall–Kier alpha value is -1.55. The smallest absolute Gasteiger partial charge is 0.220 e. The molecule has 1 aromatic carbocycles. The quantitative estimate of drug-likeness (QED) is 0.776. The van der Waals surface area contributed by atoms with Gasteiger partial charge >= 0.3 is 0 Å². The zero-order chi connectivity index (χ0) is 16.8. The highest BCUT2D eigenvalue weighted by molar-refractivity contribution is 5.76. The van der Waals surface area contributed by atoms with Gasteiger partial charge in [-0.15, -0.1) is 0 Å². The Bertz CT molecular complexity index is 468. The lowest BCUT2D eigenvalue weighted by Gasteiger charge is -2.30. The second-order valence-corrected chi connectivity index (χ2v) is 6.32. The molecule has 3 atom stereocenters. The average Bonchev–Trinajstić information content (AvgIpc) is 2.52. The molecular formula is C18H29NO3. The lowest BCUT2D eigenvalue weighted by molar-refractivity contribution is -0.123. The maximum Gasteiger partial charge on any atom is 0.220 e. The fourth-order valence-corrected chi connectivity index (χ4v) is 2.29. The molecule has 0 spiro atoms. The van der Waals surface area contributed by atoms with Crippen LogP contribution in [0.1, 0.15) is 52.0 Å². The number of ether oxygens (including phenoxy) is 1. The lowest BCUT2D eigenvalue weighted by atomic mass is 9.88. The maximum atomic E-state index is 12.1. The van der Waals surface area contributed by atoms with Gasteiger partial charge < -0.3 is 15.2 Å². The third kappa shape index (κ3) is 5.34. The first kappa shape index (κ1) is 18.5. The van der Waals surface area contributed by atoms with Crippen LogP contribution in [0, 0.1) is 5.92 Å². The fourth-order valence-electron chi connectivity index (χ4n) is 2.29. The molecule has 0 fully saturated rings. The van der Waals surface area contributed by atoms with Gasteiger partial charge in [-0.3, -0.25) is 4.79 Å². The van der Waals surface area contributed by atoms with E-state index in [9.17, 15) is 9.90 Å². The molecule has 1 rings (SSSR count). The van der Waals surface area contributed by atoms with Crippen LogP contribution < -0.4 is 10.1 Å². The van der Waals surface area contributed by atoms with Gasteiger partial charge in [0.05, 0.1) is 12.7 Å². The maximum absolute atomic E-state index is 12.1. The summed E-state index contributed by atoms with van der Waals surface area (Å²) >= 11 is 0. The third-order valence-electron chi connectivity index (χ3n) is 4.49. The summed E-state index contributed by atoms with van der Waals surface area (Å²) < 4.78 is 5.13. The number of methoxy groups -OCH3 is 1. The molecule has 1 aromatic rings. The Morgan fingerprint density at radius 1 is 1.32 bits per heavy atom. The van der Waals surface area contributed by atoms with E-state index in [1.54, 1.807) is 14.0 Å². The summed E-state index contributed by atoms with van der Waals surface area (Å²) in [6, 6.07) is 7.76. The van der Waals surface area contributed by atoms with Crippen molar-refractivity contribution in [3.63, 3.8) is 0 Å². The second-order valence-electron chi connectivity index (χ2n) is 6.32. The first-order chi connectivity index (χ1) is 10.3. The van der Waals surface area contributed by atoms with Crippen molar-refractivity contribution >= 4 is 5.91 Å². The molecule has 4 heteroatoms. The predicted molar refractivity (Wildman–Crippen MR) is 89.1 cm³/mol. The highest BCUT2D eigenvalue weighted by atomic mass is 16.5. The lowest BCUT2D eigenvalue weighted by Crippen LogP contribution is -2.45. The number of rotatable bonds is 8. The first-order valence-corrected chi connectivity index (χ1v) is 7.93. The number of carbonyl (C=O) groups is 1. The van der Waals surface area contributed by atoms with Crippen LogP contribution in [-0.4, -0.2) is 30.3 Å².